The summed E-state index contributed by atoms with van der Waals surface area (Å²) in [5, 5.41) is 17.7. The van der Waals surface area contributed by atoms with E-state index in [-0.39, 0.29) is 37.2 Å². The van der Waals surface area contributed by atoms with E-state index in [4.69, 9.17) is 16.3 Å². The van der Waals surface area contributed by atoms with E-state index in [1.54, 1.807) is 31.7 Å². The number of anilines is 1. The fourth-order valence-electron chi connectivity index (χ4n) is 4.83. The van der Waals surface area contributed by atoms with Gasteiger partial charge in [0.2, 0.25) is 11.8 Å². The molecule has 2 rings (SSSR count). The molecule has 3 atom stereocenters. The molecule has 0 spiro atoms. The molecule has 0 bridgehead atoms. The van der Waals surface area contributed by atoms with Crippen molar-refractivity contribution in [3.8, 4) is 0 Å². The standard InChI is InChI=1S/C30H49ClN4O5/c1-9-10-15-32-27(38)21(20(2)3)16-25(36)23(33-28(39)40-29(4,5)6)17-34-18-26(37)35(19-30(34,7)8)24-14-12-11-13-22(24)31/h11-14,20-21,23,25,36H,9-10,15-19H2,1-8H3,(H,32,38)(H,33,39)/t21-,23-,25-/m0/s1. The quantitative estimate of drug-likeness (QED) is 0.312. The topological polar surface area (TPSA) is 111 Å². The molecule has 1 aliphatic rings. The number of nitrogens with one attached hydrogen (secondary N) is 2. The number of alkyl carbamates (subject to hydrolysis) is 1. The second-order valence-corrected chi connectivity index (χ2v) is 13.1. The largest absolute Gasteiger partial charge is 0.444 e. The summed E-state index contributed by atoms with van der Waals surface area (Å²) >= 11 is 6.39. The molecular formula is C30H49ClN4O5. The van der Waals surface area contributed by atoms with Crippen LogP contribution >= 0.6 is 11.6 Å². The number of halogens is 1. The average Bonchev–Trinajstić information content (AvgIpc) is 2.83. The summed E-state index contributed by atoms with van der Waals surface area (Å²) < 4.78 is 5.49. The normalized spacial score (nSPS) is 18.3. The summed E-state index contributed by atoms with van der Waals surface area (Å²) in [6, 6.07) is 6.46. The van der Waals surface area contributed by atoms with Crippen LogP contribution in [-0.2, 0) is 14.3 Å². The van der Waals surface area contributed by atoms with Gasteiger partial charge < -0.3 is 25.4 Å². The molecule has 9 nitrogen and oxygen atoms in total. The molecule has 226 valence electrons. The van der Waals surface area contributed by atoms with Gasteiger partial charge in [-0.05, 0) is 65.5 Å². The maximum absolute atomic E-state index is 13.3. The van der Waals surface area contributed by atoms with E-state index in [2.05, 4.69) is 17.6 Å². The number of para-hydroxylation sites is 1. The van der Waals surface area contributed by atoms with Gasteiger partial charge in [-0.25, -0.2) is 4.79 Å². The van der Waals surface area contributed by atoms with E-state index in [0.29, 0.717) is 23.8 Å². The van der Waals surface area contributed by atoms with Crippen LogP contribution < -0.4 is 15.5 Å². The van der Waals surface area contributed by atoms with Gasteiger partial charge in [0.1, 0.15) is 5.60 Å². The lowest BCUT2D eigenvalue weighted by molar-refractivity contribution is -0.127. The Bertz CT molecular complexity index is 1010. The van der Waals surface area contributed by atoms with E-state index in [9.17, 15) is 19.5 Å². The van der Waals surface area contributed by atoms with Crippen LogP contribution in [-0.4, -0.2) is 77.4 Å². The van der Waals surface area contributed by atoms with Gasteiger partial charge in [-0.15, -0.1) is 0 Å². The predicted octanol–water partition coefficient (Wildman–Crippen LogP) is 4.60. The molecule has 0 unspecified atom stereocenters. The van der Waals surface area contributed by atoms with Gasteiger partial charge in [0.15, 0.2) is 0 Å². The van der Waals surface area contributed by atoms with Crippen molar-refractivity contribution >= 4 is 35.2 Å². The van der Waals surface area contributed by atoms with Crippen molar-refractivity contribution in [2.75, 3.05) is 31.1 Å². The molecule has 1 aliphatic heterocycles. The lowest BCUT2D eigenvalue weighted by Crippen LogP contribution is -2.65. The Balaban J connectivity index is 2.26. The Kier molecular flexibility index (Phi) is 12.3. The zero-order chi connectivity index (χ0) is 30.3. The molecule has 0 radical (unpaired) electrons. The summed E-state index contributed by atoms with van der Waals surface area (Å²) in [6.07, 6.45) is 0.290. The van der Waals surface area contributed by atoms with Gasteiger partial charge in [0.05, 0.1) is 29.4 Å². The number of ether oxygens (including phenoxy) is 1. The van der Waals surface area contributed by atoms with Crippen LogP contribution in [0.3, 0.4) is 0 Å². The maximum Gasteiger partial charge on any atom is 0.408 e. The molecule has 1 heterocycles. The van der Waals surface area contributed by atoms with Crippen molar-refractivity contribution in [2.45, 2.75) is 97.9 Å². The van der Waals surface area contributed by atoms with Crippen LogP contribution in [0.4, 0.5) is 10.5 Å². The third kappa shape index (κ3) is 9.93. The predicted molar refractivity (Wildman–Crippen MR) is 159 cm³/mol. The third-order valence-corrected chi connectivity index (χ3v) is 7.54. The van der Waals surface area contributed by atoms with Gasteiger partial charge in [-0.1, -0.05) is 50.9 Å². The number of aliphatic hydroxyl groups is 1. The van der Waals surface area contributed by atoms with Crippen LogP contribution in [0.2, 0.25) is 5.02 Å². The Labute approximate surface area is 244 Å². The van der Waals surface area contributed by atoms with Crippen LogP contribution in [0.25, 0.3) is 0 Å². The number of carbonyl (C=O) groups excluding carboxylic acids is 3. The van der Waals surface area contributed by atoms with Crippen LogP contribution in [0.1, 0.15) is 74.7 Å². The lowest BCUT2D eigenvalue weighted by atomic mass is 9.86. The molecule has 3 N–H and O–H groups in total. The Hall–Kier alpha value is -2.36. The molecule has 0 aliphatic carbocycles. The summed E-state index contributed by atoms with van der Waals surface area (Å²) in [5.74, 6) is -0.701. The van der Waals surface area contributed by atoms with Crippen molar-refractivity contribution in [1.29, 1.82) is 0 Å². The highest BCUT2D eigenvalue weighted by molar-refractivity contribution is 6.33. The number of hydrogen-bond donors (Lipinski definition) is 3. The second-order valence-electron chi connectivity index (χ2n) is 12.7. The number of piperazine rings is 1. The molecule has 1 aromatic rings. The molecular weight excluding hydrogens is 532 g/mol. The van der Waals surface area contributed by atoms with Crippen molar-refractivity contribution in [3.05, 3.63) is 29.3 Å². The van der Waals surface area contributed by atoms with Crippen molar-refractivity contribution < 1.29 is 24.2 Å². The molecule has 1 fully saturated rings. The first-order valence-corrected chi connectivity index (χ1v) is 14.7. The van der Waals surface area contributed by atoms with Gasteiger partial charge in [-0.3, -0.25) is 14.5 Å². The van der Waals surface area contributed by atoms with Crippen molar-refractivity contribution in [1.82, 2.24) is 15.5 Å². The summed E-state index contributed by atoms with van der Waals surface area (Å²) in [6.45, 7) is 16.5. The number of amides is 3. The molecule has 1 aromatic carbocycles. The van der Waals surface area contributed by atoms with Crippen molar-refractivity contribution in [2.24, 2.45) is 11.8 Å². The highest BCUT2D eigenvalue weighted by Crippen LogP contribution is 2.32. The van der Waals surface area contributed by atoms with Gasteiger partial charge in [-0.2, -0.15) is 0 Å². The number of unbranched alkanes of at least 4 members (excludes halogenated alkanes) is 1. The zero-order valence-corrected chi connectivity index (χ0v) is 26.2. The van der Waals surface area contributed by atoms with E-state index >= 15 is 0 Å². The van der Waals surface area contributed by atoms with E-state index < -0.39 is 35.3 Å². The van der Waals surface area contributed by atoms with Gasteiger partial charge >= 0.3 is 6.09 Å². The van der Waals surface area contributed by atoms with Crippen molar-refractivity contribution in [3.63, 3.8) is 0 Å². The number of benzene rings is 1. The minimum Gasteiger partial charge on any atom is -0.444 e. The number of carbonyl (C=O) groups is 3. The lowest BCUT2D eigenvalue weighted by Gasteiger charge is -2.48. The van der Waals surface area contributed by atoms with Gasteiger partial charge in [0.25, 0.3) is 0 Å². The average molecular weight is 581 g/mol. The fraction of sp³-hybridized carbons (Fsp3) is 0.700. The number of hydrogen-bond acceptors (Lipinski definition) is 6. The first-order chi connectivity index (χ1) is 18.6. The number of rotatable bonds is 12. The molecule has 40 heavy (non-hydrogen) atoms. The minimum atomic E-state index is -1.05. The molecule has 0 aromatic heterocycles. The van der Waals surface area contributed by atoms with E-state index in [1.165, 1.54) is 0 Å². The Morgan fingerprint density at radius 3 is 2.42 bits per heavy atom. The number of aliphatic hydroxyl groups excluding tert-OH is 1. The maximum atomic E-state index is 13.3. The SMILES string of the molecule is CCCCNC(=O)[C@@H](C[C@H](O)[C@H](CN1CC(=O)N(c2ccccc2Cl)CC1(C)C)NC(=O)OC(C)(C)C)C(C)C. The smallest absolute Gasteiger partial charge is 0.408 e. The first kappa shape index (κ1) is 33.8. The molecule has 1 saturated heterocycles. The molecule has 3 amide bonds. The Morgan fingerprint density at radius 2 is 1.85 bits per heavy atom. The minimum absolute atomic E-state index is 0.0179. The summed E-state index contributed by atoms with van der Waals surface area (Å²) in [5.41, 5.74) is -0.579. The highest BCUT2D eigenvalue weighted by Gasteiger charge is 2.41. The van der Waals surface area contributed by atoms with Crippen LogP contribution in [0.5, 0.6) is 0 Å². The second kappa shape index (κ2) is 14.5. The fourth-order valence-corrected chi connectivity index (χ4v) is 5.06. The highest BCUT2D eigenvalue weighted by atomic mass is 35.5. The van der Waals surface area contributed by atoms with E-state index in [0.717, 1.165) is 12.8 Å². The van der Waals surface area contributed by atoms with E-state index in [1.807, 2.05) is 50.8 Å². The third-order valence-electron chi connectivity index (χ3n) is 7.22. The molecule has 0 saturated carbocycles. The van der Waals surface area contributed by atoms with Crippen LogP contribution in [0, 0.1) is 11.8 Å². The summed E-state index contributed by atoms with van der Waals surface area (Å²) in [4.78, 5) is 42.7. The first-order valence-electron chi connectivity index (χ1n) is 14.3. The molecule has 10 heteroatoms. The summed E-state index contributed by atoms with van der Waals surface area (Å²) in [7, 11) is 0. The van der Waals surface area contributed by atoms with Crippen LogP contribution in [0.15, 0.2) is 24.3 Å². The Morgan fingerprint density at radius 1 is 1.20 bits per heavy atom. The monoisotopic (exact) mass is 580 g/mol. The zero-order valence-electron chi connectivity index (χ0n) is 25.4. The number of nitrogens with zero attached hydrogens (tertiary/aromatic N) is 2. The van der Waals surface area contributed by atoms with Gasteiger partial charge in [0, 0.05) is 31.1 Å².